The average molecular weight is 366 g/mol. The van der Waals surface area contributed by atoms with E-state index in [-0.39, 0.29) is 18.4 Å². The fourth-order valence-corrected chi connectivity index (χ4v) is 2.78. The molecule has 0 aliphatic carbocycles. The molecule has 4 N–H and O–H groups in total. The van der Waals surface area contributed by atoms with Crippen molar-refractivity contribution in [1.82, 2.24) is 15.6 Å². The van der Waals surface area contributed by atoms with Crippen LogP contribution < -0.4 is 15.5 Å². The first-order chi connectivity index (χ1) is 12.3. The Bertz CT molecular complexity index is 629. The van der Waals surface area contributed by atoms with Gasteiger partial charge >= 0.3 is 7.12 Å². The summed E-state index contributed by atoms with van der Waals surface area (Å²) in [4.78, 5) is 29.9. The van der Waals surface area contributed by atoms with Crippen molar-refractivity contribution < 1.29 is 24.0 Å². The summed E-state index contributed by atoms with van der Waals surface area (Å²) in [6.07, 6.45) is 2.10. The number of anilines is 1. The Morgan fingerprint density at radius 2 is 2.15 bits per heavy atom. The van der Waals surface area contributed by atoms with Crippen LogP contribution in [0.1, 0.15) is 26.7 Å². The van der Waals surface area contributed by atoms with Gasteiger partial charge in [0.1, 0.15) is 17.7 Å². The first-order valence-electron chi connectivity index (χ1n) is 8.59. The number of amides is 2. The first-order valence-corrected chi connectivity index (χ1v) is 8.59. The number of hydrogen-bond acceptors (Lipinski definition) is 6. The molecule has 2 heterocycles. The molecule has 1 aliphatic rings. The number of nitrogens with one attached hydrogen (secondary N) is 2. The summed E-state index contributed by atoms with van der Waals surface area (Å²) in [5.74, 6) is -1.39. The zero-order valence-corrected chi connectivity index (χ0v) is 14.9. The van der Waals surface area contributed by atoms with E-state index in [0.717, 1.165) is 6.20 Å². The van der Waals surface area contributed by atoms with E-state index >= 15 is 0 Å². The van der Waals surface area contributed by atoms with Crippen molar-refractivity contribution >= 4 is 24.8 Å². The van der Waals surface area contributed by atoms with Crippen molar-refractivity contribution in [3.8, 4) is 0 Å². The van der Waals surface area contributed by atoms with Crippen molar-refractivity contribution in [3.63, 3.8) is 0 Å². The molecule has 0 radical (unpaired) electrons. The molecule has 26 heavy (non-hydrogen) atoms. The summed E-state index contributed by atoms with van der Waals surface area (Å²) in [6.45, 7) is 4.16. The van der Waals surface area contributed by atoms with Crippen LogP contribution in [0.3, 0.4) is 0 Å². The largest absolute Gasteiger partial charge is 0.475 e. The molecule has 0 unspecified atom stereocenters. The van der Waals surface area contributed by atoms with Crippen LogP contribution in [0.4, 0.5) is 10.2 Å². The number of carbonyl (C=O) groups excluding carboxylic acids is 2. The smallest absolute Gasteiger partial charge is 0.426 e. The van der Waals surface area contributed by atoms with Crippen molar-refractivity contribution in [2.24, 2.45) is 5.92 Å². The molecule has 1 saturated heterocycles. The van der Waals surface area contributed by atoms with Crippen LogP contribution in [0.5, 0.6) is 0 Å². The summed E-state index contributed by atoms with van der Waals surface area (Å²) >= 11 is 0. The van der Waals surface area contributed by atoms with Gasteiger partial charge in [0.05, 0.1) is 18.7 Å². The van der Waals surface area contributed by atoms with Crippen molar-refractivity contribution in [1.29, 1.82) is 0 Å². The van der Waals surface area contributed by atoms with Gasteiger partial charge in [0, 0.05) is 6.54 Å². The van der Waals surface area contributed by atoms with E-state index in [1.165, 1.54) is 12.1 Å². The number of pyridine rings is 1. The Morgan fingerprint density at radius 1 is 1.42 bits per heavy atom. The molecule has 10 heteroatoms. The molecule has 1 aromatic heterocycles. The highest BCUT2D eigenvalue weighted by Crippen LogP contribution is 2.24. The minimum absolute atomic E-state index is 0.170. The van der Waals surface area contributed by atoms with E-state index < -0.39 is 30.8 Å². The lowest BCUT2D eigenvalue weighted by Gasteiger charge is -2.40. The van der Waals surface area contributed by atoms with Crippen LogP contribution >= 0.6 is 0 Å². The molecular weight excluding hydrogens is 342 g/mol. The molecular formula is C16H24BFN4O4. The molecule has 0 spiro atoms. The Hall–Kier alpha value is -2.20. The van der Waals surface area contributed by atoms with Crippen LogP contribution in [0.15, 0.2) is 18.3 Å². The highest BCUT2D eigenvalue weighted by atomic mass is 19.1. The summed E-state index contributed by atoms with van der Waals surface area (Å²) in [5.41, 5.74) is 0. The molecule has 0 aromatic carbocycles. The lowest BCUT2D eigenvalue weighted by atomic mass is 9.75. The predicted octanol–water partition coefficient (Wildman–Crippen LogP) is -0.541. The molecule has 2 amide bonds. The van der Waals surface area contributed by atoms with E-state index in [1.807, 2.05) is 13.8 Å². The molecule has 1 fully saturated rings. The van der Waals surface area contributed by atoms with Gasteiger partial charge in [-0.15, -0.1) is 0 Å². The Morgan fingerprint density at radius 3 is 2.65 bits per heavy atom. The molecule has 2 rings (SSSR count). The first kappa shape index (κ1) is 20.1. The molecule has 1 aromatic rings. The summed E-state index contributed by atoms with van der Waals surface area (Å²) in [6, 6.07) is 2.31. The van der Waals surface area contributed by atoms with E-state index in [4.69, 9.17) is 0 Å². The molecule has 1 aliphatic heterocycles. The van der Waals surface area contributed by atoms with Gasteiger partial charge in [-0.2, -0.15) is 0 Å². The van der Waals surface area contributed by atoms with Gasteiger partial charge in [0.2, 0.25) is 11.8 Å². The summed E-state index contributed by atoms with van der Waals surface area (Å²) in [7, 11) is -1.66. The van der Waals surface area contributed by atoms with Gasteiger partial charge in [-0.05, 0) is 30.9 Å². The van der Waals surface area contributed by atoms with Crippen molar-refractivity contribution in [2.45, 2.75) is 38.7 Å². The SMILES string of the molecule is CC(C)C[C@@H](NC(=O)CNC(=O)[C@@H]1CCN1c1ccc(F)cn1)B(O)O. The Labute approximate surface area is 151 Å². The van der Waals surface area contributed by atoms with E-state index in [1.54, 1.807) is 4.90 Å². The zero-order valence-electron chi connectivity index (χ0n) is 14.9. The van der Waals surface area contributed by atoms with Crippen LogP contribution in [0.25, 0.3) is 0 Å². The fourth-order valence-electron chi connectivity index (χ4n) is 2.78. The molecule has 2 atom stereocenters. The number of hydrogen-bond donors (Lipinski definition) is 4. The third kappa shape index (κ3) is 5.40. The number of halogens is 1. The summed E-state index contributed by atoms with van der Waals surface area (Å²) in [5, 5.41) is 23.7. The predicted molar refractivity (Wildman–Crippen MR) is 94.5 cm³/mol. The van der Waals surface area contributed by atoms with Gasteiger partial charge < -0.3 is 25.6 Å². The third-order valence-electron chi connectivity index (χ3n) is 4.18. The minimum Gasteiger partial charge on any atom is -0.426 e. The topological polar surface area (TPSA) is 115 Å². The fraction of sp³-hybridized carbons (Fsp3) is 0.562. The third-order valence-corrected chi connectivity index (χ3v) is 4.18. The highest BCUT2D eigenvalue weighted by molar-refractivity contribution is 6.43. The van der Waals surface area contributed by atoms with Crippen LogP contribution in [0.2, 0.25) is 0 Å². The summed E-state index contributed by atoms with van der Waals surface area (Å²) < 4.78 is 12.9. The maximum absolute atomic E-state index is 12.9. The maximum atomic E-state index is 12.9. The van der Waals surface area contributed by atoms with E-state index in [0.29, 0.717) is 25.2 Å². The molecule has 0 saturated carbocycles. The van der Waals surface area contributed by atoms with Gasteiger partial charge in [-0.25, -0.2) is 9.37 Å². The quantitative estimate of drug-likeness (QED) is 0.460. The van der Waals surface area contributed by atoms with Gasteiger partial charge in [0.15, 0.2) is 0 Å². The molecule has 8 nitrogen and oxygen atoms in total. The monoisotopic (exact) mass is 366 g/mol. The number of aromatic nitrogens is 1. The Kier molecular flexibility index (Phi) is 6.93. The average Bonchev–Trinajstić information content (AvgIpc) is 2.53. The Balaban J connectivity index is 1.82. The standard InChI is InChI=1S/C16H24BFN4O4/c1-10(2)7-13(17(25)26)21-15(23)9-20-16(24)12-5-6-22(12)14-4-3-11(18)8-19-14/h3-4,8,10,12-13,25-26H,5-7,9H2,1-2H3,(H,20,24)(H,21,23)/t12-,13+/m0/s1. The normalized spacial score (nSPS) is 17.5. The van der Waals surface area contributed by atoms with Crippen molar-refractivity contribution in [2.75, 3.05) is 18.0 Å². The lowest BCUT2D eigenvalue weighted by Crippen LogP contribution is -2.58. The zero-order chi connectivity index (χ0) is 19.3. The lowest BCUT2D eigenvalue weighted by molar-refractivity contribution is -0.127. The van der Waals surface area contributed by atoms with Gasteiger partial charge in [-0.1, -0.05) is 13.8 Å². The van der Waals surface area contributed by atoms with Gasteiger partial charge in [0.25, 0.3) is 0 Å². The van der Waals surface area contributed by atoms with E-state index in [9.17, 15) is 24.0 Å². The molecule has 142 valence electrons. The maximum Gasteiger partial charge on any atom is 0.475 e. The van der Waals surface area contributed by atoms with Crippen LogP contribution in [0, 0.1) is 11.7 Å². The number of nitrogens with zero attached hydrogens (tertiary/aromatic N) is 2. The number of rotatable bonds is 8. The van der Waals surface area contributed by atoms with Crippen molar-refractivity contribution in [3.05, 3.63) is 24.1 Å². The van der Waals surface area contributed by atoms with E-state index in [2.05, 4.69) is 15.6 Å². The second kappa shape index (κ2) is 8.95. The second-order valence-electron chi connectivity index (χ2n) is 6.77. The highest BCUT2D eigenvalue weighted by Gasteiger charge is 2.35. The van der Waals surface area contributed by atoms with Gasteiger partial charge in [-0.3, -0.25) is 9.59 Å². The van der Waals surface area contributed by atoms with Crippen LogP contribution in [-0.4, -0.2) is 59.0 Å². The van der Waals surface area contributed by atoms with Crippen LogP contribution in [-0.2, 0) is 9.59 Å². The molecule has 0 bridgehead atoms. The number of carbonyl (C=O) groups is 2. The second-order valence-corrected chi connectivity index (χ2v) is 6.77. The minimum atomic E-state index is -1.66.